The first-order valence-corrected chi connectivity index (χ1v) is 5.66. The van der Waals surface area contributed by atoms with Crippen molar-refractivity contribution in [3.8, 4) is 5.75 Å². The second kappa shape index (κ2) is 4.16. The lowest BCUT2D eigenvalue weighted by Gasteiger charge is -2.36. The highest BCUT2D eigenvalue weighted by molar-refractivity contribution is 5.97. The SMILES string of the molecule is CC(C)C(=O)N1c2ccccc2OCC1C. The third-order valence-electron chi connectivity index (χ3n) is 2.78. The number of hydrogen-bond donors (Lipinski definition) is 0. The predicted octanol–water partition coefficient (Wildman–Crippen LogP) is 2.46. The van der Waals surface area contributed by atoms with Gasteiger partial charge in [-0.15, -0.1) is 0 Å². The summed E-state index contributed by atoms with van der Waals surface area (Å²) < 4.78 is 5.60. The normalized spacial score (nSPS) is 19.2. The molecule has 1 amide bonds. The maximum absolute atomic E-state index is 12.1. The van der Waals surface area contributed by atoms with Gasteiger partial charge in [0.1, 0.15) is 12.4 Å². The Labute approximate surface area is 96.0 Å². The Balaban J connectivity index is 2.40. The van der Waals surface area contributed by atoms with Gasteiger partial charge in [0.25, 0.3) is 0 Å². The molecule has 1 aromatic rings. The lowest BCUT2D eigenvalue weighted by molar-refractivity contribution is -0.122. The number of hydrogen-bond acceptors (Lipinski definition) is 2. The van der Waals surface area contributed by atoms with Crippen LogP contribution >= 0.6 is 0 Å². The van der Waals surface area contributed by atoms with E-state index in [1.807, 2.05) is 49.9 Å². The van der Waals surface area contributed by atoms with E-state index in [1.165, 1.54) is 0 Å². The molecule has 1 unspecified atom stereocenters. The van der Waals surface area contributed by atoms with Crippen LogP contribution in [0.15, 0.2) is 24.3 Å². The molecule has 0 bridgehead atoms. The molecule has 0 aliphatic carbocycles. The summed E-state index contributed by atoms with van der Waals surface area (Å²) in [6.07, 6.45) is 0. The highest BCUT2D eigenvalue weighted by atomic mass is 16.5. The average Bonchev–Trinajstić information content (AvgIpc) is 2.28. The van der Waals surface area contributed by atoms with Crippen LogP contribution in [-0.2, 0) is 4.79 Å². The monoisotopic (exact) mass is 219 g/mol. The van der Waals surface area contributed by atoms with Gasteiger partial charge < -0.3 is 9.64 Å². The van der Waals surface area contributed by atoms with Gasteiger partial charge in [-0.25, -0.2) is 0 Å². The molecule has 1 atom stereocenters. The Bertz CT molecular complexity index is 401. The average molecular weight is 219 g/mol. The standard InChI is InChI=1S/C13H17NO2/c1-9(2)13(15)14-10(3)8-16-12-7-5-4-6-11(12)14/h4-7,9-10H,8H2,1-3H3. The largest absolute Gasteiger partial charge is 0.489 e. The molecule has 16 heavy (non-hydrogen) atoms. The number of carbonyl (C=O) groups is 1. The molecule has 0 aromatic heterocycles. The van der Waals surface area contributed by atoms with E-state index in [9.17, 15) is 4.79 Å². The fraction of sp³-hybridized carbons (Fsp3) is 0.462. The van der Waals surface area contributed by atoms with Crippen LogP contribution in [0.5, 0.6) is 5.75 Å². The predicted molar refractivity (Wildman–Crippen MR) is 63.7 cm³/mol. The minimum atomic E-state index is 0.00797. The summed E-state index contributed by atoms with van der Waals surface area (Å²) in [5.74, 6) is 0.964. The van der Waals surface area contributed by atoms with Crippen molar-refractivity contribution in [1.29, 1.82) is 0 Å². The Hall–Kier alpha value is -1.51. The first-order chi connectivity index (χ1) is 7.61. The smallest absolute Gasteiger partial charge is 0.230 e. The summed E-state index contributed by atoms with van der Waals surface area (Å²) in [5, 5.41) is 0. The molecule has 86 valence electrons. The molecule has 0 saturated heterocycles. The van der Waals surface area contributed by atoms with Crippen molar-refractivity contribution in [2.24, 2.45) is 5.92 Å². The summed E-state index contributed by atoms with van der Waals surface area (Å²) in [5.41, 5.74) is 0.889. The van der Waals surface area contributed by atoms with E-state index in [0.29, 0.717) is 6.61 Å². The van der Waals surface area contributed by atoms with E-state index >= 15 is 0 Å². The topological polar surface area (TPSA) is 29.5 Å². The van der Waals surface area contributed by atoms with Gasteiger partial charge in [-0.05, 0) is 19.1 Å². The molecule has 0 radical (unpaired) electrons. The molecule has 2 rings (SSSR count). The zero-order valence-corrected chi connectivity index (χ0v) is 9.93. The summed E-state index contributed by atoms with van der Waals surface area (Å²) in [4.78, 5) is 14.0. The van der Waals surface area contributed by atoms with Crippen molar-refractivity contribution in [2.45, 2.75) is 26.8 Å². The highest BCUT2D eigenvalue weighted by Gasteiger charge is 2.30. The van der Waals surface area contributed by atoms with Crippen molar-refractivity contribution >= 4 is 11.6 Å². The maximum Gasteiger partial charge on any atom is 0.230 e. The quantitative estimate of drug-likeness (QED) is 0.726. The first-order valence-electron chi connectivity index (χ1n) is 5.66. The van der Waals surface area contributed by atoms with Crippen LogP contribution in [0.25, 0.3) is 0 Å². The number of anilines is 1. The number of nitrogens with zero attached hydrogens (tertiary/aromatic N) is 1. The molecule has 1 aromatic carbocycles. The first kappa shape index (κ1) is 11.0. The lowest BCUT2D eigenvalue weighted by atomic mass is 10.1. The number of carbonyl (C=O) groups excluding carboxylic acids is 1. The van der Waals surface area contributed by atoms with Crippen molar-refractivity contribution in [2.75, 3.05) is 11.5 Å². The van der Waals surface area contributed by atoms with Crippen LogP contribution in [0.2, 0.25) is 0 Å². The highest BCUT2D eigenvalue weighted by Crippen LogP contribution is 2.34. The number of benzene rings is 1. The van der Waals surface area contributed by atoms with Crippen LogP contribution in [0, 0.1) is 5.92 Å². The Morgan fingerprint density at radius 2 is 2.12 bits per heavy atom. The number of amides is 1. The summed E-state index contributed by atoms with van der Waals surface area (Å²) in [7, 11) is 0. The molecule has 0 N–H and O–H groups in total. The lowest BCUT2D eigenvalue weighted by Crippen LogP contribution is -2.46. The van der Waals surface area contributed by atoms with Crippen molar-refractivity contribution < 1.29 is 9.53 Å². The molecule has 0 fully saturated rings. The van der Waals surface area contributed by atoms with Gasteiger partial charge in [0, 0.05) is 5.92 Å². The zero-order chi connectivity index (χ0) is 11.7. The van der Waals surface area contributed by atoms with Crippen LogP contribution in [0.4, 0.5) is 5.69 Å². The van der Waals surface area contributed by atoms with Crippen LogP contribution in [-0.4, -0.2) is 18.6 Å². The summed E-state index contributed by atoms with van der Waals surface area (Å²) in [6.45, 7) is 6.42. The number of para-hydroxylation sites is 2. The van der Waals surface area contributed by atoms with Gasteiger partial charge >= 0.3 is 0 Å². The van der Waals surface area contributed by atoms with E-state index < -0.39 is 0 Å². The summed E-state index contributed by atoms with van der Waals surface area (Å²) >= 11 is 0. The fourth-order valence-electron chi connectivity index (χ4n) is 1.91. The Kier molecular flexibility index (Phi) is 2.86. The fourth-order valence-corrected chi connectivity index (χ4v) is 1.91. The van der Waals surface area contributed by atoms with E-state index in [4.69, 9.17) is 4.74 Å². The van der Waals surface area contributed by atoms with Gasteiger partial charge in [0.15, 0.2) is 0 Å². The van der Waals surface area contributed by atoms with Gasteiger partial charge in [-0.1, -0.05) is 26.0 Å². The molecular weight excluding hydrogens is 202 g/mol. The van der Waals surface area contributed by atoms with Gasteiger partial charge in [-0.3, -0.25) is 4.79 Å². The second-order valence-electron chi connectivity index (χ2n) is 4.49. The van der Waals surface area contributed by atoms with Crippen LogP contribution in [0.1, 0.15) is 20.8 Å². The molecule has 3 nitrogen and oxygen atoms in total. The van der Waals surface area contributed by atoms with Crippen LogP contribution in [0.3, 0.4) is 0 Å². The van der Waals surface area contributed by atoms with Gasteiger partial charge in [0.2, 0.25) is 5.91 Å². The minimum absolute atomic E-state index is 0.00797. The molecule has 3 heteroatoms. The minimum Gasteiger partial charge on any atom is -0.489 e. The number of rotatable bonds is 1. The zero-order valence-electron chi connectivity index (χ0n) is 9.93. The molecule has 1 aliphatic heterocycles. The molecule has 1 aliphatic rings. The number of ether oxygens (including phenoxy) is 1. The number of fused-ring (bicyclic) bond motifs is 1. The molecule has 0 spiro atoms. The van der Waals surface area contributed by atoms with Crippen LogP contribution < -0.4 is 9.64 Å². The summed E-state index contributed by atoms with van der Waals surface area (Å²) in [6, 6.07) is 7.80. The third-order valence-corrected chi connectivity index (χ3v) is 2.78. The second-order valence-corrected chi connectivity index (χ2v) is 4.49. The van der Waals surface area contributed by atoms with E-state index in [0.717, 1.165) is 11.4 Å². The van der Waals surface area contributed by atoms with Gasteiger partial charge in [0.05, 0.1) is 11.7 Å². The van der Waals surface area contributed by atoms with Crippen molar-refractivity contribution in [3.63, 3.8) is 0 Å². The Morgan fingerprint density at radius 3 is 2.81 bits per heavy atom. The van der Waals surface area contributed by atoms with E-state index in [-0.39, 0.29) is 17.9 Å². The molecule has 1 heterocycles. The molecule has 0 saturated carbocycles. The van der Waals surface area contributed by atoms with E-state index in [1.54, 1.807) is 0 Å². The molecular formula is C13H17NO2. The Morgan fingerprint density at radius 1 is 1.44 bits per heavy atom. The van der Waals surface area contributed by atoms with Crippen molar-refractivity contribution in [3.05, 3.63) is 24.3 Å². The maximum atomic E-state index is 12.1. The van der Waals surface area contributed by atoms with E-state index in [2.05, 4.69) is 0 Å². The van der Waals surface area contributed by atoms with Gasteiger partial charge in [-0.2, -0.15) is 0 Å². The van der Waals surface area contributed by atoms with Crippen molar-refractivity contribution in [1.82, 2.24) is 0 Å². The third kappa shape index (κ3) is 1.77.